The van der Waals surface area contributed by atoms with Crippen LogP contribution in [-0.4, -0.2) is 53.1 Å². The van der Waals surface area contributed by atoms with Gasteiger partial charge < -0.3 is 26.0 Å². The average molecular weight is 484 g/mol. The number of hydrogen-bond acceptors (Lipinski definition) is 5. The summed E-state index contributed by atoms with van der Waals surface area (Å²) in [4.78, 5) is 51.1. The highest BCUT2D eigenvalue weighted by Gasteiger charge is 2.34. The van der Waals surface area contributed by atoms with Crippen LogP contribution in [0.5, 0.6) is 0 Å². The lowest BCUT2D eigenvalue weighted by Crippen LogP contribution is -2.45. The number of likely N-dealkylation sites (tertiary alicyclic amines) is 1. The first-order chi connectivity index (χ1) is 16.3. The molecular formula is C23H22ClN5O5. The Morgan fingerprint density at radius 3 is 2.62 bits per heavy atom. The van der Waals surface area contributed by atoms with Crippen molar-refractivity contribution in [1.29, 1.82) is 0 Å². The smallest absolute Gasteiger partial charge is 0.337 e. The van der Waals surface area contributed by atoms with Gasteiger partial charge in [-0.15, -0.1) is 0 Å². The lowest BCUT2D eigenvalue weighted by Gasteiger charge is -2.24. The van der Waals surface area contributed by atoms with Crippen molar-refractivity contribution in [2.24, 2.45) is 5.73 Å². The molecule has 0 spiro atoms. The van der Waals surface area contributed by atoms with Crippen molar-refractivity contribution in [3.05, 3.63) is 59.2 Å². The number of amides is 4. The molecule has 0 radical (unpaired) electrons. The van der Waals surface area contributed by atoms with Crippen LogP contribution in [0.15, 0.2) is 48.7 Å². The van der Waals surface area contributed by atoms with Gasteiger partial charge in [-0.25, -0.2) is 14.4 Å². The Morgan fingerprint density at radius 1 is 1.12 bits per heavy atom. The number of urea groups is 1. The average Bonchev–Trinajstić information content (AvgIpc) is 3.44. The fraction of sp³-hybridized carbons (Fsp3) is 0.217. The van der Waals surface area contributed by atoms with Crippen molar-refractivity contribution in [3.8, 4) is 0 Å². The fourth-order valence-corrected chi connectivity index (χ4v) is 4.29. The van der Waals surface area contributed by atoms with Crippen molar-refractivity contribution < 1.29 is 23.9 Å². The van der Waals surface area contributed by atoms with Crippen molar-refractivity contribution in [1.82, 2.24) is 9.47 Å². The molecule has 11 heteroatoms. The predicted octanol–water partition coefficient (Wildman–Crippen LogP) is 3.64. The van der Waals surface area contributed by atoms with E-state index in [9.17, 15) is 19.2 Å². The maximum absolute atomic E-state index is 13.1. The number of anilines is 2. The number of ether oxygens (including phenoxy) is 1. The van der Waals surface area contributed by atoms with Crippen LogP contribution in [0.1, 0.15) is 23.2 Å². The molecule has 3 aromatic rings. The first kappa shape index (κ1) is 23.1. The van der Waals surface area contributed by atoms with Crippen LogP contribution in [0.4, 0.5) is 21.0 Å². The van der Waals surface area contributed by atoms with E-state index >= 15 is 0 Å². The van der Waals surface area contributed by atoms with Gasteiger partial charge in [-0.3, -0.25) is 9.36 Å². The van der Waals surface area contributed by atoms with Gasteiger partial charge in [0, 0.05) is 28.8 Å². The van der Waals surface area contributed by atoms with E-state index in [0.717, 1.165) is 0 Å². The number of rotatable bonds is 4. The van der Waals surface area contributed by atoms with Gasteiger partial charge in [0.25, 0.3) is 0 Å². The number of nitrogens with one attached hydrogen (secondary N) is 2. The minimum atomic E-state index is -0.731. The van der Waals surface area contributed by atoms with Gasteiger partial charge in [0.1, 0.15) is 6.04 Å². The van der Waals surface area contributed by atoms with Crippen LogP contribution in [0.3, 0.4) is 0 Å². The lowest BCUT2D eigenvalue weighted by atomic mass is 10.1. The van der Waals surface area contributed by atoms with Crippen LogP contribution in [0.25, 0.3) is 10.9 Å². The Hall–Kier alpha value is -4.05. The molecule has 34 heavy (non-hydrogen) atoms. The van der Waals surface area contributed by atoms with Gasteiger partial charge in [-0.05, 0) is 37.1 Å². The van der Waals surface area contributed by atoms with Gasteiger partial charge in [0.2, 0.25) is 5.91 Å². The molecule has 0 unspecified atom stereocenters. The molecule has 4 N–H and O–H groups in total. The number of primary amides is 1. The monoisotopic (exact) mass is 483 g/mol. The summed E-state index contributed by atoms with van der Waals surface area (Å²) in [5.74, 6) is -1.000. The van der Waals surface area contributed by atoms with Crippen LogP contribution in [-0.2, 0) is 9.53 Å². The topological polar surface area (TPSA) is 136 Å². The molecule has 4 rings (SSSR count). The molecule has 2 heterocycles. The second-order valence-corrected chi connectivity index (χ2v) is 8.20. The predicted molar refractivity (Wildman–Crippen MR) is 127 cm³/mol. The van der Waals surface area contributed by atoms with E-state index in [0.29, 0.717) is 41.7 Å². The summed E-state index contributed by atoms with van der Waals surface area (Å²) in [5.41, 5.74) is 6.91. The zero-order valence-corrected chi connectivity index (χ0v) is 19.0. The van der Waals surface area contributed by atoms with Gasteiger partial charge in [0.15, 0.2) is 0 Å². The highest BCUT2D eigenvalue weighted by Crippen LogP contribution is 2.28. The van der Waals surface area contributed by atoms with E-state index in [1.54, 1.807) is 24.3 Å². The van der Waals surface area contributed by atoms with Crippen molar-refractivity contribution >= 4 is 57.8 Å². The summed E-state index contributed by atoms with van der Waals surface area (Å²) in [6, 6.07) is 9.52. The zero-order valence-electron chi connectivity index (χ0n) is 18.2. The second-order valence-electron chi connectivity index (χ2n) is 7.76. The highest BCUT2D eigenvalue weighted by atomic mass is 35.5. The summed E-state index contributed by atoms with van der Waals surface area (Å²) >= 11 is 6.07. The number of nitrogens with zero attached hydrogens (tertiary/aromatic N) is 2. The van der Waals surface area contributed by atoms with Gasteiger partial charge in [0.05, 0.1) is 23.9 Å². The molecule has 4 amide bonds. The van der Waals surface area contributed by atoms with Crippen LogP contribution in [0, 0.1) is 0 Å². The molecule has 1 aromatic heterocycles. The first-order valence-corrected chi connectivity index (χ1v) is 10.8. The molecule has 0 bridgehead atoms. The van der Waals surface area contributed by atoms with Crippen molar-refractivity contribution in [2.45, 2.75) is 18.9 Å². The third-order valence-corrected chi connectivity index (χ3v) is 5.81. The molecule has 176 valence electrons. The Morgan fingerprint density at radius 2 is 1.88 bits per heavy atom. The van der Waals surface area contributed by atoms with E-state index < -0.39 is 30.0 Å². The molecule has 1 atom stereocenters. The summed E-state index contributed by atoms with van der Waals surface area (Å²) in [7, 11) is 1.25. The van der Waals surface area contributed by atoms with E-state index in [-0.39, 0.29) is 10.6 Å². The van der Waals surface area contributed by atoms with E-state index in [1.165, 1.54) is 41.0 Å². The fourth-order valence-electron chi connectivity index (χ4n) is 4.05. The van der Waals surface area contributed by atoms with E-state index in [2.05, 4.69) is 10.6 Å². The van der Waals surface area contributed by atoms with Gasteiger partial charge in [-0.2, -0.15) is 0 Å². The number of halogens is 1. The standard InChI is InChI=1S/C23H22ClN5O5/c1-34-21(31)13-9-14(24)11-15(10-13)26-20(30)19-7-4-8-28(19)23(33)27-17-12-29(22(25)32)18-6-3-2-5-16(17)18/h2-3,5-6,9-12,19H,4,7-8H2,1H3,(H2,25,32)(H,26,30)(H,27,33)/t19-/m0/s1. The van der Waals surface area contributed by atoms with Crippen LogP contribution < -0.4 is 16.4 Å². The quantitative estimate of drug-likeness (QED) is 0.487. The molecule has 2 aromatic carbocycles. The zero-order chi connectivity index (χ0) is 24.4. The van der Waals surface area contributed by atoms with Gasteiger partial charge >= 0.3 is 18.0 Å². The lowest BCUT2D eigenvalue weighted by molar-refractivity contribution is -0.119. The molecule has 0 aliphatic carbocycles. The van der Waals surface area contributed by atoms with E-state index in [1.807, 2.05) is 0 Å². The first-order valence-electron chi connectivity index (χ1n) is 10.5. The summed E-state index contributed by atoms with van der Waals surface area (Å²) in [6.07, 6.45) is 2.56. The SMILES string of the molecule is COC(=O)c1cc(Cl)cc(NC(=O)[C@@H]2CCCN2C(=O)Nc2cn(C(N)=O)c3ccccc23)c1. The molecule has 1 aliphatic rings. The Labute approximate surface area is 199 Å². The number of fused-ring (bicyclic) bond motifs is 1. The summed E-state index contributed by atoms with van der Waals surface area (Å²) in [5, 5.41) is 6.41. The third kappa shape index (κ3) is 4.53. The number of nitrogens with two attached hydrogens (primary N) is 1. The molecule has 1 aliphatic heterocycles. The number of carbonyl (C=O) groups is 4. The molecule has 10 nitrogen and oxygen atoms in total. The number of esters is 1. The largest absolute Gasteiger partial charge is 0.465 e. The molecule has 1 fully saturated rings. The minimum Gasteiger partial charge on any atom is -0.465 e. The van der Waals surface area contributed by atoms with Gasteiger partial charge in [-0.1, -0.05) is 29.8 Å². The maximum Gasteiger partial charge on any atom is 0.337 e. The number of aromatic nitrogens is 1. The van der Waals surface area contributed by atoms with Crippen LogP contribution in [0.2, 0.25) is 5.02 Å². The molecule has 0 saturated carbocycles. The minimum absolute atomic E-state index is 0.192. The maximum atomic E-state index is 13.1. The molecular weight excluding hydrogens is 462 g/mol. The number of para-hydroxylation sites is 1. The Kier molecular flexibility index (Phi) is 6.42. The highest BCUT2D eigenvalue weighted by molar-refractivity contribution is 6.31. The third-order valence-electron chi connectivity index (χ3n) is 5.59. The molecule has 1 saturated heterocycles. The van der Waals surface area contributed by atoms with Crippen molar-refractivity contribution in [2.75, 3.05) is 24.3 Å². The number of benzene rings is 2. The summed E-state index contributed by atoms with van der Waals surface area (Å²) < 4.78 is 5.95. The Bertz CT molecular complexity index is 1300. The van der Waals surface area contributed by atoms with Crippen LogP contribution >= 0.6 is 11.6 Å². The normalized spacial score (nSPS) is 15.2. The number of hydrogen-bond donors (Lipinski definition) is 3. The summed E-state index contributed by atoms with van der Waals surface area (Å²) in [6.45, 7) is 0.376. The Balaban J connectivity index is 1.52. The van der Waals surface area contributed by atoms with Crippen molar-refractivity contribution in [3.63, 3.8) is 0 Å². The number of carbonyl (C=O) groups excluding carboxylic acids is 4. The second kappa shape index (κ2) is 9.44. The number of methoxy groups -OCH3 is 1. The van der Waals surface area contributed by atoms with E-state index in [4.69, 9.17) is 22.1 Å².